The first-order chi connectivity index (χ1) is 8.25. The van der Waals surface area contributed by atoms with Gasteiger partial charge >= 0.3 is 0 Å². The molecule has 1 aromatic carbocycles. The van der Waals surface area contributed by atoms with Crippen LogP contribution in [0.3, 0.4) is 0 Å². The van der Waals surface area contributed by atoms with Crippen molar-refractivity contribution in [1.82, 2.24) is 5.32 Å². The van der Waals surface area contributed by atoms with Gasteiger partial charge in [-0.05, 0) is 49.5 Å². The highest BCUT2D eigenvalue weighted by atomic mass is 15.1. The van der Waals surface area contributed by atoms with Crippen molar-refractivity contribution in [3.05, 3.63) is 35.9 Å². The van der Waals surface area contributed by atoms with Crippen LogP contribution >= 0.6 is 0 Å². The standard InChI is InChI=1S/C15H22N2/c1-17(2)15-7-5-13(6-8-15)3-4-14-9-11-16-12-10-14/h3-8,14,16H,9-12H2,1-2H3/b4-3+. The van der Waals surface area contributed by atoms with Gasteiger partial charge < -0.3 is 10.2 Å². The molecular formula is C15H22N2. The zero-order chi connectivity index (χ0) is 12.1. The molecule has 2 heteroatoms. The first-order valence-electron chi connectivity index (χ1n) is 6.42. The fourth-order valence-electron chi connectivity index (χ4n) is 2.17. The van der Waals surface area contributed by atoms with Crippen LogP contribution in [-0.4, -0.2) is 27.2 Å². The van der Waals surface area contributed by atoms with E-state index in [0.717, 1.165) is 19.0 Å². The molecule has 0 spiro atoms. The molecule has 0 unspecified atom stereocenters. The summed E-state index contributed by atoms with van der Waals surface area (Å²) in [6, 6.07) is 8.71. The van der Waals surface area contributed by atoms with E-state index in [1.807, 2.05) is 0 Å². The maximum absolute atomic E-state index is 3.39. The van der Waals surface area contributed by atoms with Crippen LogP contribution in [0.15, 0.2) is 30.3 Å². The molecule has 1 aromatic rings. The van der Waals surface area contributed by atoms with Crippen LogP contribution in [0.2, 0.25) is 0 Å². The highest BCUT2D eigenvalue weighted by molar-refractivity contribution is 5.55. The monoisotopic (exact) mass is 230 g/mol. The first kappa shape index (κ1) is 12.2. The summed E-state index contributed by atoms with van der Waals surface area (Å²) in [5.74, 6) is 0.754. The van der Waals surface area contributed by atoms with Gasteiger partial charge in [0.15, 0.2) is 0 Å². The lowest BCUT2D eigenvalue weighted by atomic mass is 9.97. The lowest BCUT2D eigenvalue weighted by Gasteiger charge is -2.19. The van der Waals surface area contributed by atoms with Crippen molar-refractivity contribution in [2.24, 2.45) is 5.92 Å². The van der Waals surface area contributed by atoms with E-state index in [4.69, 9.17) is 0 Å². The van der Waals surface area contributed by atoms with Crippen LogP contribution < -0.4 is 10.2 Å². The van der Waals surface area contributed by atoms with Gasteiger partial charge in [-0.15, -0.1) is 0 Å². The summed E-state index contributed by atoms with van der Waals surface area (Å²) in [6.07, 6.45) is 7.17. The topological polar surface area (TPSA) is 15.3 Å². The van der Waals surface area contributed by atoms with Crippen LogP contribution in [0.1, 0.15) is 18.4 Å². The second-order valence-corrected chi connectivity index (χ2v) is 4.93. The number of allylic oxidation sites excluding steroid dienone is 1. The number of nitrogens with one attached hydrogen (secondary N) is 1. The van der Waals surface area contributed by atoms with Crippen molar-refractivity contribution >= 4 is 11.8 Å². The van der Waals surface area contributed by atoms with Gasteiger partial charge in [-0.1, -0.05) is 24.3 Å². The van der Waals surface area contributed by atoms with Gasteiger partial charge in [0.2, 0.25) is 0 Å². The van der Waals surface area contributed by atoms with E-state index in [1.54, 1.807) is 0 Å². The van der Waals surface area contributed by atoms with Gasteiger partial charge in [0.1, 0.15) is 0 Å². The minimum Gasteiger partial charge on any atom is -0.378 e. The summed E-state index contributed by atoms with van der Waals surface area (Å²) in [4.78, 5) is 2.13. The van der Waals surface area contributed by atoms with E-state index >= 15 is 0 Å². The Balaban J connectivity index is 1.95. The first-order valence-corrected chi connectivity index (χ1v) is 6.42. The summed E-state index contributed by atoms with van der Waals surface area (Å²) in [5, 5.41) is 3.39. The predicted octanol–water partition coefficient (Wildman–Crippen LogP) is 2.77. The van der Waals surface area contributed by atoms with Crippen molar-refractivity contribution < 1.29 is 0 Å². The summed E-state index contributed by atoms with van der Waals surface area (Å²) < 4.78 is 0. The van der Waals surface area contributed by atoms with Crippen molar-refractivity contribution in [2.45, 2.75) is 12.8 Å². The molecule has 0 amide bonds. The normalized spacial score (nSPS) is 17.5. The van der Waals surface area contributed by atoms with Crippen molar-refractivity contribution in [2.75, 3.05) is 32.1 Å². The van der Waals surface area contributed by atoms with Crippen LogP contribution in [-0.2, 0) is 0 Å². The number of rotatable bonds is 3. The minimum atomic E-state index is 0.754. The van der Waals surface area contributed by atoms with Gasteiger partial charge in [-0.3, -0.25) is 0 Å². The van der Waals surface area contributed by atoms with E-state index in [-0.39, 0.29) is 0 Å². The van der Waals surface area contributed by atoms with E-state index < -0.39 is 0 Å². The molecule has 0 aromatic heterocycles. The van der Waals surface area contributed by atoms with E-state index in [2.05, 4.69) is 60.7 Å². The quantitative estimate of drug-likeness (QED) is 0.859. The van der Waals surface area contributed by atoms with Crippen LogP contribution in [0.5, 0.6) is 0 Å². The molecule has 1 saturated heterocycles. The molecule has 0 bridgehead atoms. The highest BCUT2D eigenvalue weighted by Gasteiger charge is 2.08. The van der Waals surface area contributed by atoms with Crippen molar-refractivity contribution in [3.63, 3.8) is 0 Å². The molecule has 2 nitrogen and oxygen atoms in total. The third-order valence-corrected chi connectivity index (χ3v) is 3.35. The number of hydrogen-bond donors (Lipinski definition) is 1. The van der Waals surface area contributed by atoms with Gasteiger partial charge in [0, 0.05) is 19.8 Å². The SMILES string of the molecule is CN(C)c1ccc(/C=C/C2CCNCC2)cc1. The summed E-state index contributed by atoms with van der Waals surface area (Å²) in [6.45, 7) is 2.32. The molecule has 17 heavy (non-hydrogen) atoms. The highest BCUT2D eigenvalue weighted by Crippen LogP contribution is 2.17. The van der Waals surface area contributed by atoms with Crippen LogP contribution in [0.4, 0.5) is 5.69 Å². The second-order valence-electron chi connectivity index (χ2n) is 4.93. The second kappa shape index (κ2) is 5.87. The lowest BCUT2D eigenvalue weighted by molar-refractivity contribution is 0.438. The molecule has 2 rings (SSSR count). The molecule has 1 heterocycles. The van der Waals surface area contributed by atoms with E-state index in [9.17, 15) is 0 Å². The average molecular weight is 230 g/mol. The fourth-order valence-corrected chi connectivity index (χ4v) is 2.17. The molecule has 1 aliphatic rings. The van der Waals surface area contributed by atoms with Crippen molar-refractivity contribution in [1.29, 1.82) is 0 Å². The Kier molecular flexibility index (Phi) is 4.21. The maximum Gasteiger partial charge on any atom is 0.0361 e. The molecule has 0 aliphatic carbocycles. The Morgan fingerprint density at radius 2 is 1.76 bits per heavy atom. The van der Waals surface area contributed by atoms with E-state index in [0.29, 0.717) is 0 Å². The largest absolute Gasteiger partial charge is 0.378 e. The Hall–Kier alpha value is -1.28. The van der Waals surface area contributed by atoms with Gasteiger partial charge in [0.25, 0.3) is 0 Å². The molecule has 1 N–H and O–H groups in total. The maximum atomic E-state index is 3.39. The smallest absolute Gasteiger partial charge is 0.0361 e. The Labute approximate surface area is 104 Å². The third kappa shape index (κ3) is 3.60. The van der Waals surface area contributed by atoms with Crippen LogP contribution in [0, 0.1) is 5.92 Å². The molecule has 0 atom stereocenters. The van der Waals surface area contributed by atoms with Crippen molar-refractivity contribution in [3.8, 4) is 0 Å². The predicted molar refractivity (Wildman–Crippen MR) is 75.4 cm³/mol. The number of piperidine rings is 1. The summed E-state index contributed by atoms with van der Waals surface area (Å²) in [5.41, 5.74) is 2.55. The Morgan fingerprint density at radius 3 is 2.35 bits per heavy atom. The molecule has 0 radical (unpaired) electrons. The minimum absolute atomic E-state index is 0.754. The molecule has 0 saturated carbocycles. The van der Waals surface area contributed by atoms with Crippen LogP contribution in [0.25, 0.3) is 6.08 Å². The molecular weight excluding hydrogens is 208 g/mol. The van der Waals surface area contributed by atoms with Gasteiger partial charge in [0.05, 0.1) is 0 Å². The third-order valence-electron chi connectivity index (χ3n) is 3.35. The number of anilines is 1. The van der Waals surface area contributed by atoms with Gasteiger partial charge in [-0.2, -0.15) is 0 Å². The summed E-state index contributed by atoms with van der Waals surface area (Å²) in [7, 11) is 4.14. The zero-order valence-electron chi connectivity index (χ0n) is 10.8. The van der Waals surface area contributed by atoms with E-state index in [1.165, 1.54) is 24.1 Å². The van der Waals surface area contributed by atoms with Gasteiger partial charge in [-0.25, -0.2) is 0 Å². The zero-order valence-corrected chi connectivity index (χ0v) is 10.8. The average Bonchev–Trinajstić information content (AvgIpc) is 2.38. The fraction of sp³-hybridized carbons (Fsp3) is 0.467. The molecule has 1 fully saturated rings. The Bertz CT molecular complexity index is 359. The molecule has 92 valence electrons. The Morgan fingerprint density at radius 1 is 1.12 bits per heavy atom. The number of benzene rings is 1. The lowest BCUT2D eigenvalue weighted by Crippen LogP contribution is -2.26. The number of hydrogen-bond acceptors (Lipinski definition) is 2. The number of nitrogens with zero attached hydrogens (tertiary/aromatic N) is 1. The molecule has 1 aliphatic heterocycles. The summed E-state index contributed by atoms with van der Waals surface area (Å²) >= 11 is 0.